The molecule has 21 heavy (non-hydrogen) atoms. The molecule has 2 aromatic rings. The molecule has 0 saturated carbocycles. The van der Waals surface area contributed by atoms with Gasteiger partial charge in [-0.15, -0.1) is 11.3 Å². The van der Waals surface area contributed by atoms with Gasteiger partial charge in [0.1, 0.15) is 5.01 Å². The molecule has 3 nitrogen and oxygen atoms in total. The Morgan fingerprint density at radius 2 is 2.10 bits per heavy atom. The van der Waals surface area contributed by atoms with Gasteiger partial charge in [0.25, 0.3) is 0 Å². The summed E-state index contributed by atoms with van der Waals surface area (Å²) in [4.78, 5) is 4.85. The Balaban J connectivity index is 1.97. The second-order valence-corrected chi connectivity index (χ2v) is 6.25. The molecule has 110 valence electrons. The maximum Gasteiger partial charge on any atom is 0.118 e. The van der Waals surface area contributed by atoms with Crippen molar-refractivity contribution in [1.82, 2.24) is 15.6 Å². The molecule has 0 amide bonds. The van der Waals surface area contributed by atoms with Crippen molar-refractivity contribution in [3.05, 3.63) is 53.2 Å². The molecule has 3 rings (SSSR count). The second-order valence-electron chi connectivity index (χ2n) is 5.22. The highest BCUT2D eigenvalue weighted by atomic mass is 32.1. The van der Waals surface area contributed by atoms with Crippen molar-refractivity contribution in [3.63, 3.8) is 0 Å². The predicted octanol–water partition coefficient (Wildman–Crippen LogP) is 3.55. The van der Waals surface area contributed by atoms with Crippen molar-refractivity contribution in [3.8, 4) is 0 Å². The third-order valence-corrected chi connectivity index (χ3v) is 4.95. The number of para-hydroxylation sites is 1. The molecule has 1 unspecified atom stereocenters. The first-order valence-corrected chi connectivity index (χ1v) is 8.33. The molecular formula is C17H21N3S. The van der Waals surface area contributed by atoms with E-state index in [0.717, 1.165) is 30.0 Å². The molecule has 1 aromatic heterocycles. The van der Waals surface area contributed by atoms with Crippen molar-refractivity contribution in [2.75, 3.05) is 13.1 Å². The molecule has 0 radical (unpaired) electrons. The summed E-state index contributed by atoms with van der Waals surface area (Å²) in [5, 5.41) is 8.15. The van der Waals surface area contributed by atoms with Crippen LogP contribution in [0.15, 0.2) is 48.2 Å². The first-order valence-electron chi connectivity index (χ1n) is 7.52. The molecule has 1 aromatic carbocycles. The number of likely N-dealkylation sites (N-methyl/N-ethyl adjacent to an activating group) is 2. The Morgan fingerprint density at radius 3 is 2.76 bits per heavy atom. The van der Waals surface area contributed by atoms with E-state index in [2.05, 4.69) is 60.9 Å². The van der Waals surface area contributed by atoms with Gasteiger partial charge in [-0.05, 0) is 38.1 Å². The summed E-state index contributed by atoms with van der Waals surface area (Å²) in [6.07, 6.45) is 7.62. The third-order valence-electron chi connectivity index (χ3n) is 3.74. The van der Waals surface area contributed by atoms with Gasteiger partial charge in [0.15, 0.2) is 0 Å². The average Bonchev–Trinajstić information content (AvgIpc) is 2.94. The van der Waals surface area contributed by atoms with Crippen LogP contribution in [0, 0.1) is 0 Å². The highest BCUT2D eigenvalue weighted by Gasteiger charge is 2.32. The van der Waals surface area contributed by atoms with Gasteiger partial charge in [-0.1, -0.05) is 31.2 Å². The van der Waals surface area contributed by atoms with E-state index in [1.807, 2.05) is 6.07 Å². The van der Waals surface area contributed by atoms with Gasteiger partial charge >= 0.3 is 0 Å². The lowest BCUT2D eigenvalue weighted by molar-refractivity contribution is 0.424. The summed E-state index contributed by atoms with van der Waals surface area (Å²) in [5.41, 5.74) is 2.12. The zero-order valence-corrected chi connectivity index (χ0v) is 13.3. The average molecular weight is 299 g/mol. The lowest BCUT2D eigenvalue weighted by atomic mass is 9.90. The second kappa shape index (κ2) is 6.00. The number of rotatable bonds is 5. The summed E-state index contributed by atoms with van der Waals surface area (Å²) >= 11 is 1.78. The summed E-state index contributed by atoms with van der Waals surface area (Å²) in [7, 11) is 0. The monoisotopic (exact) mass is 299 g/mol. The number of allylic oxidation sites excluding steroid dienone is 1. The normalized spacial score (nSPS) is 21.5. The maximum absolute atomic E-state index is 4.85. The zero-order chi connectivity index (χ0) is 14.7. The van der Waals surface area contributed by atoms with Crippen LogP contribution in [0.2, 0.25) is 0 Å². The van der Waals surface area contributed by atoms with E-state index in [9.17, 15) is 0 Å². The van der Waals surface area contributed by atoms with E-state index < -0.39 is 0 Å². The number of fused-ring (bicyclic) bond motifs is 1. The van der Waals surface area contributed by atoms with E-state index in [1.165, 1.54) is 10.4 Å². The predicted molar refractivity (Wildman–Crippen MR) is 90.5 cm³/mol. The van der Waals surface area contributed by atoms with Gasteiger partial charge in [0, 0.05) is 12.2 Å². The van der Waals surface area contributed by atoms with Crippen LogP contribution >= 0.6 is 11.3 Å². The minimum absolute atomic E-state index is 0.169. The summed E-state index contributed by atoms with van der Waals surface area (Å²) in [6.45, 7) is 6.14. The standard InChI is InChI=1S/C17H21N3S/c1-3-18-13-9-11-17(12-10-13,19-4-2)16-20-14-7-5-6-8-15(14)21-16/h5-11,18-19H,3-4,12H2,1-2H3. The third kappa shape index (κ3) is 2.74. The fourth-order valence-electron chi connectivity index (χ4n) is 2.72. The maximum atomic E-state index is 4.85. The van der Waals surface area contributed by atoms with Crippen molar-refractivity contribution in [2.24, 2.45) is 0 Å². The van der Waals surface area contributed by atoms with Crippen molar-refractivity contribution in [2.45, 2.75) is 25.8 Å². The Morgan fingerprint density at radius 1 is 1.24 bits per heavy atom. The molecule has 1 heterocycles. The van der Waals surface area contributed by atoms with Crippen LogP contribution in [-0.2, 0) is 5.54 Å². The summed E-state index contributed by atoms with van der Waals surface area (Å²) in [6, 6.07) is 8.35. The molecular weight excluding hydrogens is 278 g/mol. The van der Waals surface area contributed by atoms with Crippen LogP contribution in [0.1, 0.15) is 25.3 Å². The summed E-state index contributed by atoms with van der Waals surface area (Å²) < 4.78 is 1.25. The van der Waals surface area contributed by atoms with Gasteiger partial charge < -0.3 is 10.6 Å². The van der Waals surface area contributed by atoms with Crippen molar-refractivity contribution >= 4 is 21.6 Å². The lowest BCUT2D eigenvalue weighted by Crippen LogP contribution is -2.41. The Hall–Kier alpha value is -1.65. The Kier molecular flexibility index (Phi) is 4.08. The highest BCUT2D eigenvalue weighted by Crippen LogP contribution is 2.36. The minimum atomic E-state index is -0.169. The van der Waals surface area contributed by atoms with E-state index >= 15 is 0 Å². The van der Waals surface area contributed by atoms with Crippen LogP contribution in [0.5, 0.6) is 0 Å². The van der Waals surface area contributed by atoms with Crippen LogP contribution in [-0.4, -0.2) is 18.1 Å². The number of benzene rings is 1. The Bertz CT molecular complexity index is 653. The van der Waals surface area contributed by atoms with Crippen LogP contribution < -0.4 is 10.6 Å². The molecule has 0 aliphatic heterocycles. The number of aromatic nitrogens is 1. The number of nitrogens with zero attached hydrogens (tertiary/aromatic N) is 1. The number of hydrogen-bond acceptors (Lipinski definition) is 4. The molecule has 4 heteroatoms. The molecule has 1 aliphatic rings. The lowest BCUT2D eigenvalue weighted by Gasteiger charge is -2.31. The topological polar surface area (TPSA) is 37.0 Å². The Labute approximate surface area is 129 Å². The van der Waals surface area contributed by atoms with E-state index in [1.54, 1.807) is 11.3 Å². The number of hydrogen-bond donors (Lipinski definition) is 2. The largest absolute Gasteiger partial charge is 0.386 e. The van der Waals surface area contributed by atoms with Crippen LogP contribution in [0.25, 0.3) is 10.2 Å². The van der Waals surface area contributed by atoms with Gasteiger partial charge in [0.2, 0.25) is 0 Å². The van der Waals surface area contributed by atoms with E-state index in [-0.39, 0.29) is 5.54 Å². The summed E-state index contributed by atoms with van der Waals surface area (Å²) in [5.74, 6) is 0. The van der Waals surface area contributed by atoms with Gasteiger partial charge in [-0.25, -0.2) is 4.98 Å². The minimum Gasteiger partial charge on any atom is -0.386 e. The quantitative estimate of drug-likeness (QED) is 0.886. The van der Waals surface area contributed by atoms with Gasteiger partial charge in [-0.3, -0.25) is 0 Å². The number of thiazole rings is 1. The van der Waals surface area contributed by atoms with E-state index in [0.29, 0.717) is 0 Å². The molecule has 0 spiro atoms. The fourth-order valence-corrected chi connectivity index (χ4v) is 3.84. The van der Waals surface area contributed by atoms with Gasteiger partial charge in [0.05, 0.1) is 15.8 Å². The van der Waals surface area contributed by atoms with Crippen LogP contribution in [0.4, 0.5) is 0 Å². The van der Waals surface area contributed by atoms with E-state index in [4.69, 9.17) is 4.98 Å². The zero-order valence-electron chi connectivity index (χ0n) is 12.5. The van der Waals surface area contributed by atoms with Crippen molar-refractivity contribution in [1.29, 1.82) is 0 Å². The first-order chi connectivity index (χ1) is 10.3. The first kappa shape index (κ1) is 14.3. The van der Waals surface area contributed by atoms with Crippen molar-refractivity contribution < 1.29 is 0 Å². The molecule has 0 saturated heterocycles. The van der Waals surface area contributed by atoms with Gasteiger partial charge in [-0.2, -0.15) is 0 Å². The highest BCUT2D eigenvalue weighted by molar-refractivity contribution is 7.18. The molecule has 2 N–H and O–H groups in total. The number of nitrogens with one attached hydrogen (secondary N) is 2. The molecule has 0 bridgehead atoms. The molecule has 0 fully saturated rings. The smallest absolute Gasteiger partial charge is 0.118 e. The van der Waals surface area contributed by atoms with Crippen LogP contribution in [0.3, 0.4) is 0 Å². The molecule has 1 atom stereocenters. The molecule has 1 aliphatic carbocycles. The fraction of sp³-hybridized carbons (Fsp3) is 0.353. The SMILES string of the molecule is CCNC1=CCC(NCC)(c2nc3ccccc3s2)C=C1.